The Morgan fingerprint density at radius 1 is 1.24 bits per heavy atom. The molecular weight excluding hydrogens is 433 g/mol. The van der Waals surface area contributed by atoms with Crippen LogP contribution in [0.5, 0.6) is 11.5 Å². The number of benzene rings is 1. The highest BCUT2D eigenvalue weighted by atomic mass is 127. The Hall–Kier alpha value is -1.22. The lowest BCUT2D eigenvalue weighted by molar-refractivity contribution is 0.0782. The van der Waals surface area contributed by atoms with Gasteiger partial charge in [0.2, 0.25) is 6.79 Å². The van der Waals surface area contributed by atoms with Crippen LogP contribution in [-0.2, 0) is 11.2 Å². The number of nitrogens with zero attached hydrogens (tertiary/aromatic N) is 1. The molecule has 0 amide bonds. The standard InChI is InChI=1S/C18H29N3O3.HI/c1-4-19-18(20-9-5-11-22-14(2)3)21-10-8-15-6-7-16-17(12-15)24-13-23-16;/h6-7,12,14H,4-5,8-11,13H2,1-3H3,(H2,19,20,21);1H. The lowest BCUT2D eigenvalue weighted by Gasteiger charge is -2.12. The van der Waals surface area contributed by atoms with Crippen LogP contribution in [0.2, 0.25) is 0 Å². The largest absolute Gasteiger partial charge is 0.454 e. The van der Waals surface area contributed by atoms with Crippen LogP contribution in [0.1, 0.15) is 32.8 Å². The molecule has 0 unspecified atom stereocenters. The summed E-state index contributed by atoms with van der Waals surface area (Å²) in [5.74, 6) is 2.51. The second-order valence-electron chi connectivity index (χ2n) is 5.90. The van der Waals surface area contributed by atoms with E-state index in [4.69, 9.17) is 14.2 Å². The zero-order valence-electron chi connectivity index (χ0n) is 15.3. The van der Waals surface area contributed by atoms with Gasteiger partial charge >= 0.3 is 0 Å². The molecule has 1 heterocycles. The fraction of sp³-hybridized carbons (Fsp3) is 0.611. The van der Waals surface area contributed by atoms with Crippen LogP contribution in [0.4, 0.5) is 0 Å². The van der Waals surface area contributed by atoms with Crippen molar-refractivity contribution in [3.8, 4) is 11.5 Å². The quantitative estimate of drug-likeness (QED) is 0.255. The summed E-state index contributed by atoms with van der Waals surface area (Å²) in [6.07, 6.45) is 2.11. The van der Waals surface area contributed by atoms with Crippen LogP contribution < -0.4 is 20.1 Å². The minimum absolute atomic E-state index is 0. The molecule has 1 aliphatic heterocycles. The van der Waals surface area contributed by atoms with E-state index >= 15 is 0 Å². The molecule has 0 saturated carbocycles. The van der Waals surface area contributed by atoms with Crippen molar-refractivity contribution >= 4 is 29.9 Å². The highest BCUT2D eigenvalue weighted by Gasteiger charge is 2.12. The van der Waals surface area contributed by atoms with Crippen molar-refractivity contribution in [2.45, 2.75) is 39.7 Å². The first kappa shape index (κ1) is 21.8. The maximum atomic E-state index is 5.53. The molecule has 6 nitrogen and oxygen atoms in total. The van der Waals surface area contributed by atoms with E-state index in [9.17, 15) is 0 Å². The normalized spacial score (nSPS) is 12.9. The summed E-state index contributed by atoms with van der Waals surface area (Å²) in [6.45, 7) is 9.64. The first-order valence-electron chi connectivity index (χ1n) is 8.71. The lowest BCUT2D eigenvalue weighted by Crippen LogP contribution is -2.38. The number of ether oxygens (including phenoxy) is 3. The Bertz CT molecular complexity index is 538. The highest BCUT2D eigenvalue weighted by molar-refractivity contribution is 14.0. The van der Waals surface area contributed by atoms with E-state index in [0.29, 0.717) is 6.79 Å². The third-order valence-corrected chi connectivity index (χ3v) is 3.51. The Balaban J connectivity index is 0.00000312. The van der Waals surface area contributed by atoms with Crippen molar-refractivity contribution in [3.05, 3.63) is 23.8 Å². The van der Waals surface area contributed by atoms with Crippen LogP contribution in [0.25, 0.3) is 0 Å². The second-order valence-corrected chi connectivity index (χ2v) is 5.90. The molecule has 1 aromatic carbocycles. The Labute approximate surface area is 167 Å². The Morgan fingerprint density at radius 3 is 2.80 bits per heavy atom. The lowest BCUT2D eigenvalue weighted by atomic mass is 10.1. The van der Waals surface area contributed by atoms with Crippen molar-refractivity contribution in [2.24, 2.45) is 4.99 Å². The van der Waals surface area contributed by atoms with E-state index in [0.717, 1.165) is 56.5 Å². The third-order valence-electron chi connectivity index (χ3n) is 3.51. The number of aliphatic imine (C=N–C) groups is 1. The number of fused-ring (bicyclic) bond motifs is 1. The highest BCUT2D eigenvalue weighted by Crippen LogP contribution is 2.32. The minimum Gasteiger partial charge on any atom is -0.454 e. The van der Waals surface area contributed by atoms with Gasteiger partial charge in [0, 0.05) is 26.2 Å². The number of guanidine groups is 1. The minimum atomic E-state index is 0. The summed E-state index contributed by atoms with van der Waals surface area (Å²) < 4.78 is 16.3. The molecule has 142 valence electrons. The van der Waals surface area contributed by atoms with Gasteiger partial charge in [0.25, 0.3) is 0 Å². The van der Waals surface area contributed by atoms with E-state index < -0.39 is 0 Å². The molecule has 0 atom stereocenters. The van der Waals surface area contributed by atoms with Gasteiger partial charge in [-0.3, -0.25) is 4.99 Å². The predicted molar refractivity (Wildman–Crippen MR) is 111 cm³/mol. The van der Waals surface area contributed by atoms with E-state index in [-0.39, 0.29) is 30.1 Å². The van der Waals surface area contributed by atoms with E-state index in [1.165, 1.54) is 5.56 Å². The summed E-state index contributed by atoms with van der Waals surface area (Å²) in [5.41, 5.74) is 1.22. The van der Waals surface area contributed by atoms with E-state index in [1.54, 1.807) is 0 Å². The fourth-order valence-corrected chi connectivity index (χ4v) is 2.34. The van der Waals surface area contributed by atoms with E-state index in [1.807, 2.05) is 26.0 Å². The molecule has 7 heteroatoms. The summed E-state index contributed by atoms with van der Waals surface area (Å²) in [4.78, 5) is 4.57. The molecule has 0 radical (unpaired) electrons. The molecule has 0 aliphatic carbocycles. The second kappa shape index (κ2) is 12.2. The molecule has 0 saturated heterocycles. The van der Waals surface area contributed by atoms with Crippen molar-refractivity contribution in [3.63, 3.8) is 0 Å². The average molecular weight is 463 g/mol. The monoisotopic (exact) mass is 463 g/mol. The van der Waals surface area contributed by atoms with Gasteiger partial charge in [-0.25, -0.2) is 0 Å². The maximum Gasteiger partial charge on any atom is 0.231 e. The number of rotatable bonds is 9. The molecule has 1 aliphatic rings. The van der Waals surface area contributed by atoms with Gasteiger partial charge in [-0.05, 0) is 51.3 Å². The molecule has 2 N–H and O–H groups in total. The molecule has 0 bridgehead atoms. The summed E-state index contributed by atoms with van der Waals surface area (Å²) in [7, 11) is 0. The molecule has 25 heavy (non-hydrogen) atoms. The average Bonchev–Trinajstić information content (AvgIpc) is 3.02. The van der Waals surface area contributed by atoms with Gasteiger partial charge in [-0.2, -0.15) is 0 Å². The summed E-state index contributed by atoms with van der Waals surface area (Å²) in [6, 6.07) is 6.07. The van der Waals surface area contributed by atoms with Gasteiger partial charge in [-0.1, -0.05) is 6.07 Å². The van der Waals surface area contributed by atoms with Gasteiger partial charge in [0.05, 0.1) is 6.10 Å². The van der Waals surface area contributed by atoms with Crippen LogP contribution in [0.3, 0.4) is 0 Å². The van der Waals surface area contributed by atoms with Crippen LogP contribution in [-0.4, -0.2) is 45.1 Å². The summed E-state index contributed by atoms with van der Waals surface area (Å²) >= 11 is 0. The molecule has 0 aromatic heterocycles. The Morgan fingerprint density at radius 2 is 2.04 bits per heavy atom. The van der Waals surface area contributed by atoms with Crippen molar-refractivity contribution in [2.75, 3.05) is 33.0 Å². The van der Waals surface area contributed by atoms with Crippen LogP contribution in [0.15, 0.2) is 23.2 Å². The van der Waals surface area contributed by atoms with Crippen LogP contribution >= 0.6 is 24.0 Å². The predicted octanol–water partition coefficient (Wildman–Crippen LogP) is 2.95. The zero-order valence-corrected chi connectivity index (χ0v) is 17.7. The van der Waals surface area contributed by atoms with Crippen molar-refractivity contribution in [1.29, 1.82) is 0 Å². The molecular formula is C18H30IN3O3. The number of nitrogens with one attached hydrogen (secondary N) is 2. The van der Waals surface area contributed by atoms with Crippen LogP contribution in [0, 0.1) is 0 Å². The SMILES string of the molecule is CCNC(=NCCCOC(C)C)NCCc1ccc2c(c1)OCO2.I. The van der Waals surface area contributed by atoms with Gasteiger partial charge in [-0.15, -0.1) is 24.0 Å². The first-order chi connectivity index (χ1) is 11.7. The topological polar surface area (TPSA) is 64.1 Å². The van der Waals surface area contributed by atoms with Gasteiger partial charge in [0.15, 0.2) is 17.5 Å². The smallest absolute Gasteiger partial charge is 0.231 e. The molecule has 0 fully saturated rings. The zero-order chi connectivity index (χ0) is 17.2. The fourth-order valence-electron chi connectivity index (χ4n) is 2.34. The number of halogens is 1. The molecule has 2 rings (SSSR count). The van der Waals surface area contributed by atoms with Gasteiger partial charge in [0.1, 0.15) is 0 Å². The number of hydrogen-bond acceptors (Lipinski definition) is 4. The van der Waals surface area contributed by atoms with Gasteiger partial charge < -0.3 is 24.8 Å². The van der Waals surface area contributed by atoms with Crippen molar-refractivity contribution < 1.29 is 14.2 Å². The van der Waals surface area contributed by atoms with Crippen molar-refractivity contribution in [1.82, 2.24) is 10.6 Å². The molecule has 0 spiro atoms. The third kappa shape index (κ3) is 8.13. The summed E-state index contributed by atoms with van der Waals surface area (Å²) in [5, 5.41) is 6.63. The Kier molecular flexibility index (Phi) is 10.6. The molecule has 1 aromatic rings. The number of hydrogen-bond donors (Lipinski definition) is 2. The first-order valence-corrected chi connectivity index (χ1v) is 8.71. The van der Waals surface area contributed by atoms with E-state index in [2.05, 4.69) is 28.6 Å². The maximum absolute atomic E-state index is 5.53.